The molecule has 1 fully saturated rings. The van der Waals surface area contributed by atoms with Gasteiger partial charge in [-0.05, 0) is 38.8 Å². The van der Waals surface area contributed by atoms with Crippen molar-refractivity contribution in [3.8, 4) is 0 Å². The van der Waals surface area contributed by atoms with E-state index in [0.717, 1.165) is 45.3 Å². The van der Waals surface area contributed by atoms with Gasteiger partial charge in [0.1, 0.15) is 0 Å². The quantitative estimate of drug-likeness (QED) is 0.529. The zero-order valence-corrected chi connectivity index (χ0v) is 10.5. The molecule has 0 saturated carbocycles. The van der Waals surface area contributed by atoms with Crippen LogP contribution >= 0.6 is 0 Å². The molecule has 0 radical (unpaired) electrons. The van der Waals surface area contributed by atoms with Crippen LogP contribution in [0.3, 0.4) is 0 Å². The third-order valence-corrected chi connectivity index (χ3v) is 3.20. The van der Waals surface area contributed by atoms with Gasteiger partial charge in [-0.25, -0.2) is 0 Å². The van der Waals surface area contributed by atoms with Gasteiger partial charge in [-0.2, -0.15) is 0 Å². The maximum Gasteiger partial charge on any atom is 0.224 e. The molecule has 100 valence electrons. The molecule has 1 unspecified atom stereocenters. The summed E-state index contributed by atoms with van der Waals surface area (Å²) in [6.07, 6.45) is 3.92. The molecule has 5 nitrogen and oxygen atoms in total. The first-order chi connectivity index (χ1) is 8.27. The number of hydrogen-bond acceptors (Lipinski definition) is 4. The van der Waals surface area contributed by atoms with Gasteiger partial charge in [-0.15, -0.1) is 0 Å². The Morgan fingerprint density at radius 3 is 3.00 bits per heavy atom. The molecule has 1 saturated heterocycles. The summed E-state index contributed by atoms with van der Waals surface area (Å²) in [6.45, 7) is 4.24. The lowest BCUT2D eigenvalue weighted by atomic mass is 9.97. The largest absolute Gasteiger partial charge is 0.396 e. The molecule has 4 N–H and O–H groups in total. The highest BCUT2D eigenvalue weighted by Crippen LogP contribution is 2.16. The molecule has 1 aliphatic heterocycles. The first-order valence-corrected chi connectivity index (χ1v) is 6.59. The smallest absolute Gasteiger partial charge is 0.224 e. The number of nitrogens with one attached hydrogen (secondary N) is 1. The Bertz CT molecular complexity index is 224. The highest BCUT2D eigenvalue weighted by atomic mass is 16.2. The van der Waals surface area contributed by atoms with E-state index in [1.54, 1.807) is 0 Å². The lowest BCUT2D eigenvalue weighted by molar-refractivity contribution is -0.126. The fourth-order valence-corrected chi connectivity index (χ4v) is 2.26. The van der Waals surface area contributed by atoms with E-state index in [2.05, 4.69) is 10.2 Å². The highest BCUT2D eigenvalue weighted by Gasteiger charge is 2.24. The summed E-state index contributed by atoms with van der Waals surface area (Å²) in [4.78, 5) is 14.1. The average Bonchev–Trinajstić information content (AvgIpc) is 2.36. The fourth-order valence-electron chi connectivity index (χ4n) is 2.26. The molecule has 17 heavy (non-hydrogen) atoms. The molecule has 1 heterocycles. The number of rotatable bonds is 7. The first kappa shape index (κ1) is 14.4. The number of amides is 1. The number of unbranched alkanes of at least 4 members (excludes halogenated alkanes) is 1. The van der Waals surface area contributed by atoms with E-state index >= 15 is 0 Å². The number of carbonyl (C=O) groups is 1. The van der Waals surface area contributed by atoms with Crippen LogP contribution in [0.4, 0.5) is 0 Å². The van der Waals surface area contributed by atoms with Crippen LogP contribution in [0.5, 0.6) is 0 Å². The fraction of sp³-hybridized carbons (Fsp3) is 0.917. The molecule has 0 aromatic carbocycles. The molecule has 5 heteroatoms. The van der Waals surface area contributed by atoms with E-state index in [4.69, 9.17) is 10.8 Å². The summed E-state index contributed by atoms with van der Waals surface area (Å²) in [6, 6.07) is 0. The number of likely N-dealkylation sites (tertiary alicyclic amines) is 1. The molecule has 0 aromatic rings. The Morgan fingerprint density at radius 1 is 1.47 bits per heavy atom. The molecule has 0 bridgehead atoms. The molecule has 0 aromatic heterocycles. The summed E-state index contributed by atoms with van der Waals surface area (Å²) in [7, 11) is 0. The third-order valence-electron chi connectivity index (χ3n) is 3.20. The lowest BCUT2D eigenvalue weighted by Crippen LogP contribution is -2.44. The van der Waals surface area contributed by atoms with E-state index in [9.17, 15) is 4.79 Å². The Balaban J connectivity index is 2.25. The van der Waals surface area contributed by atoms with Crippen molar-refractivity contribution in [2.24, 2.45) is 11.7 Å². The number of aliphatic hydroxyl groups is 1. The summed E-state index contributed by atoms with van der Waals surface area (Å²) < 4.78 is 0. The Kier molecular flexibility index (Phi) is 7.16. The Morgan fingerprint density at radius 2 is 2.29 bits per heavy atom. The number of piperidine rings is 1. The average molecular weight is 243 g/mol. The summed E-state index contributed by atoms with van der Waals surface area (Å²) in [5, 5.41) is 11.6. The van der Waals surface area contributed by atoms with Crippen LogP contribution in [0.15, 0.2) is 0 Å². The van der Waals surface area contributed by atoms with Gasteiger partial charge in [0.05, 0.1) is 5.92 Å². The Hall–Kier alpha value is -0.650. The van der Waals surface area contributed by atoms with Crippen LogP contribution in [0.1, 0.15) is 25.7 Å². The van der Waals surface area contributed by atoms with Crippen LogP contribution in [-0.4, -0.2) is 55.2 Å². The van der Waals surface area contributed by atoms with Crippen molar-refractivity contribution < 1.29 is 9.90 Å². The van der Waals surface area contributed by atoms with Crippen molar-refractivity contribution in [1.82, 2.24) is 10.2 Å². The van der Waals surface area contributed by atoms with Crippen LogP contribution < -0.4 is 11.1 Å². The molecular weight excluding hydrogens is 218 g/mol. The van der Waals surface area contributed by atoms with Crippen LogP contribution in [0, 0.1) is 5.92 Å². The second-order valence-corrected chi connectivity index (χ2v) is 4.65. The predicted octanol–water partition coefficient (Wildman–Crippen LogP) is -0.454. The monoisotopic (exact) mass is 243 g/mol. The van der Waals surface area contributed by atoms with Crippen molar-refractivity contribution in [2.75, 3.05) is 39.3 Å². The second-order valence-electron chi connectivity index (χ2n) is 4.65. The predicted molar refractivity (Wildman–Crippen MR) is 67.5 cm³/mol. The zero-order chi connectivity index (χ0) is 12.5. The van der Waals surface area contributed by atoms with E-state index in [1.165, 1.54) is 0 Å². The zero-order valence-electron chi connectivity index (χ0n) is 10.5. The molecule has 1 amide bonds. The standard InChI is InChI=1S/C12H25N3O2/c13-5-6-14-12(17)11-4-3-8-15(10-11)7-1-2-9-16/h11,16H,1-10,13H2,(H,14,17). The minimum Gasteiger partial charge on any atom is -0.396 e. The first-order valence-electron chi connectivity index (χ1n) is 6.59. The number of nitrogens with two attached hydrogens (primary N) is 1. The van der Waals surface area contributed by atoms with Crippen molar-refractivity contribution in [3.05, 3.63) is 0 Å². The van der Waals surface area contributed by atoms with E-state index in [1.807, 2.05) is 0 Å². The minimum absolute atomic E-state index is 0.115. The van der Waals surface area contributed by atoms with Gasteiger partial charge in [0.25, 0.3) is 0 Å². The van der Waals surface area contributed by atoms with Gasteiger partial charge in [0.15, 0.2) is 0 Å². The van der Waals surface area contributed by atoms with Crippen LogP contribution in [0.25, 0.3) is 0 Å². The maximum absolute atomic E-state index is 11.8. The maximum atomic E-state index is 11.8. The molecular formula is C12H25N3O2. The summed E-state index contributed by atoms with van der Waals surface area (Å²) in [5.74, 6) is 0.256. The topological polar surface area (TPSA) is 78.6 Å². The number of hydrogen-bond donors (Lipinski definition) is 3. The van der Waals surface area contributed by atoms with E-state index in [0.29, 0.717) is 13.1 Å². The van der Waals surface area contributed by atoms with E-state index < -0.39 is 0 Å². The number of nitrogens with zero attached hydrogens (tertiary/aromatic N) is 1. The lowest BCUT2D eigenvalue weighted by Gasteiger charge is -2.31. The van der Waals surface area contributed by atoms with Crippen molar-refractivity contribution in [1.29, 1.82) is 0 Å². The van der Waals surface area contributed by atoms with Gasteiger partial charge >= 0.3 is 0 Å². The number of aliphatic hydroxyl groups excluding tert-OH is 1. The molecule has 1 rings (SSSR count). The SMILES string of the molecule is NCCNC(=O)C1CCCN(CCCCO)C1. The third kappa shape index (κ3) is 5.48. The second kappa shape index (κ2) is 8.44. The minimum atomic E-state index is 0.115. The van der Waals surface area contributed by atoms with Crippen molar-refractivity contribution in [3.63, 3.8) is 0 Å². The molecule has 0 spiro atoms. The van der Waals surface area contributed by atoms with Gasteiger partial charge in [0.2, 0.25) is 5.91 Å². The van der Waals surface area contributed by atoms with Gasteiger partial charge in [-0.3, -0.25) is 4.79 Å². The van der Waals surface area contributed by atoms with E-state index in [-0.39, 0.29) is 18.4 Å². The number of carbonyl (C=O) groups excluding carboxylic acids is 1. The Labute approximate surface area is 103 Å². The van der Waals surface area contributed by atoms with Gasteiger partial charge in [0, 0.05) is 26.2 Å². The molecule has 0 aliphatic carbocycles. The van der Waals surface area contributed by atoms with Crippen LogP contribution in [-0.2, 0) is 4.79 Å². The van der Waals surface area contributed by atoms with Crippen LogP contribution in [0.2, 0.25) is 0 Å². The summed E-state index contributed by atoms with van der Waals surface area (Å²) in [5.41, 5.74) is 5.37. The molecule has 1 atom stereocenters. The normalized spacial score (nSPS) is 21.4. The van der Waals surface area contributed by atoms with Gasteiger partial charge in [-0.1, -0.05) is 0 Å². The summed E-state index contributed by atoms with van der Waals surface area (Å²) >= 11 is 0. The molecule has 1 aliphatic rings. The highest BCUT2D eigenvalue weighted by molar-refractivity contribution is 5.78. The van der Waals surface area contributed by atoms with Crippen molar-refractivity contribution >= 4 is 5.91 Å². The van der Waals surface area contributed by atoms with Crippen molar-refractivity contribution in [2.45, 2.75) is 25.7 Å². The van der Waals surface area contributed by atoms with Gasteiger partial charge < -0.3 is 21.1 Å².